The standard InChI is InChI=1S/C16H23ClN2O/c1-13-2-3-16(14(10-13)11-17)19-5-4-15(12-19)18-6-8-20-9-7-18/h2-3,10,15H,4-9,11-12H2,1H3. The molecule has 0 amide bonds. The SMILES string of the molecule is Cc1ccc(N2CCC(N3CCOCC3)C2)c(CCl)c1. The first-order valence-electron chi connectivity index (χ1n) is 7.50. The molecule has 0 aliphatic carbocycles. The molecule has 20 heavy (non-hydrogen) atoms. The van der Waals surface area contributed by atoms with Gasteiger partial charge in [0.25, 0.3) is 0 Å². The Labute approximate surface area is 126 Å². The molecule has 0 spiro atoms. The highest BCUT2D eigenvalue weighted by atomic mass is 35.5. The zero-order valence-corrected chi connectivity index (χ0v) is 12.9. The topological polar surface area (TPSA) is 15.7 Å². The average molecular weight is 295 g/mol. The Balaban J connectivity index is 1.70. The summed E-state index contributed by atoms with van der Waals surface area (Å²) < 4.78 is 5.45. The molecular formula is C16H23ClN2O. The molecule has 1 unspecified atom stereocenters. The van der Waals surface area contributed by atoms with Gasteiger partial charge in [-0.2, -0.15) is 0 Å². The van der Waals surface area contributed by atoms with Crippen LogP contribution in [0, 0.1) is 6.92 Å². The third kappa shape index (κ3) is 2.95. The Kier molecular flexibility index (Phi) is 4.49. The fourth-order valence-electron chi connectivity index (χ4n) is 3.33. The number of aryl methyl sites for hydroxylation is 1. The molecule has 0 radical (unpaired) electrons. The van der Waals surface area contributed by atoms with E-state index in [1.165, 1.54) is 23.2 Å². The molecule has 2 aliphatic rings. The minimum Gasteiger partial charge on any atom is -0.379 e. The van der Waals surface area contributed by atoms with Crippen molar-refractivity contribution in [1.82, 2.24) is 4.90 Å². The van der Waals surface area contributed by atoms with Gasteiger partial charge in [0.2, 0.25) is 0 Å². The van der Waals surface area contributed by atoms with E-state index < -0.39 is 0 Å². The molecule has 1 aromatic carbocycles. The van der Waals surface area contributed by atoms with E-state index in [1.54, 1.807) is 0 Å². The molecule has 110 valence electrons. The lowest BCUT2D eigenvalue weighted by Crippen LogP contribution is -2.44. The van der Waals surface area contributed by atoms with Crippen LogP contribution < -0.4 is 4.90 Å². The second-order valence-electron chi connectivity index (χ2n) is 5.80. The van der Waals surface area contributed by atoms with Crippen LogP contribution >= 0.6 is 11.6 Å². The molecule has 0 saturated carbocycles. The van der Waals surface area contributed by atoms with E-state index in [-0.39, 0.29) is 0 Å². The van der Waals surface area contributed by atoms with E-state index in [0.717, 1.165) is 39.4 Å². The molecule has 0 N–H and O–H groups in total. The van der Waals surface area contributed by atoms with Crippen molar-refractivity contribution < 1.29 is 4.74 Å². The number of ether oxygens (including phenoxy) is 1. The van der Waals surface area contributed by atoms with Gasteiger partial charge in [0.05, 0.1) is 13.2 Å². The van der Waals surface area contributed by atoms with Crippen LogP contribution in [0.25, 0.3) is 0 Å². The first-order valence-corrected chi connectivity index (χ1v) is 8.03. The van der Waals surface area contributed by atoms with Crippen molar-refractivity contribution in [3.63, 3.8) is 0 Å². The molecule has 1 aromatic rings. The van der Waals surface area contributed by atoms with E-state index in [4.69, 9.17) is 16.3 Å². The number of hydrogen-bond donors (Lipinski definition) is 0. The van der Waals surface area contributed by atoms with Gasteiger partial charge in [-0.05, 0) is 25.0 Å². The van der Waals surface area contributed by atoms with E-state index in [9.17, 15) is 0 Å². The van der Waals surface area contributed by atoms with Crippen molar-refractivity contribution in [1.29, 1.82) is 0 Å². The number of benzene rings is 1. The Morgan fingerprint density at radius 2 is 2.05 bits per heavy atom. The van der Waals surface area contributed by atoms with Gasteiger partial charge < -0.3 is 9.64 Å². The maximum atomic E-state index is 6.11. The quantitative estimate of drug-likeness (QED) is 0.797. The summed E-state index contributed by atoms with van der Waals surface area (Å²) in [4.78, 5) is 5.08. The van der Waals surface area contributed by atoms with Crippen molar-refractivity contribution in [2.75, 3.05) is 44.3 Å². The maximum Gasteiger partial charge on any atom is 0.0594 e. The molecule has 4 heteroatoms. The lowest BCUT2D eigenvalue weighted by molar-refractivity contribution is 0.0209. The van der Waals surface area contributed by atoms with Crippen LogP contribution in [-0.4, -0.2) is 50.3 Å². The average Bonchev–Trinajstić information content (AvgIpc) is 2.97. The third-order valence-corrected chi connectivity index (χ3v) is 4.73. The summed E-state index contributed by atoms with van der Waals surface area (Å²) in [5.41, 5.74) is 3.86. The van der Waals surface area contributed by atoms with Crippen molar-refractivity contribution in [2.24, 2.45) is 0 Å². The molecule has 3 nitrogen and oxygen atoms in total. The summed E-state index contributed by atoms with van der Waals surface area (Å²) >= 11 is 6.11. The predicted molar refractivity (Wildman–Crippen MR) is 83.7 cm³/mol. The highest BCUT2D eigenvalue weighted by Crippen LogP contribution is 2.28. The molecule has 3 rings (SSSR count). The third-order valence-electron chi connectivity index (χ3n) is 4.45. The highest BCUT2D eigenvalue weighted by Gasteiger charge is 2.29. The fourth-order valence-corrected chi connectivity index (χ4v) is 3.55. The summed E-state index contributed by atoms with van der Waals surface area (Å²) in [6.07, 6.45) is 1.25. The molecule has 0 bridgehead atoms. The fraction of sp³-hybridized carbons (Fsp3) is 0.625. The van der Waals surface area contributed by atoms with Gasteiger partial charge in [0, 0.05) is 43.8 Å². The summed E-state index contributed by atoms with van der Waals surface area (Å²) in [5, 5.41) is 0. The minimum atomic E-state index is 0.593. The summed E-state index contributed by atoms with van der Waals surface area (Å²) in [6, 6.07) is 7.30. The molecule has 0 aromatic heterocycles. The smallest absolute Gasteiger partial charge is 0.0594 e. The Morgan fingerprint density at radius 3 is 2.80 bits per heavy atom. The Hall–Kier alpha value is -0.770. The largest absolute Gasteiger partial charge is 0.379 e. The number of rotatable bonds is 3. The van der Waals surface area contributed by atoms with Crippen molar-refractivity contribution in [2.45, 2.75) is 25.3 Å². The zero-order chi connectivity index (χ0) is 13.9. The molecule has 2 fully saturated rings. The number of alkyl halides is 1. The first-order chi connectivity index (χ1) is 9.78. The van der Waals surface area contributed by atoms with Crippen molar-refractivity contribution in [3.05, 3.63) is 29.3 Å². The molecule has 2 aliphatic heterocycles. The van der Waals surface area contributed by atoms with Gasteiger partial charge in [-0.15, -0.1) is 11.6 Å². The number of anilines is 1. The lowest BCUT2D eigenvalue weighted by atomic mass is 10.1. The second-order valence-corrected chi connectivity index (χ2v) is 6.07. The number of hydrogen-bond acceptors (Lipinski definition) is 3. The molecule has 2 heterocycles. The minimum absolute atomic E-state index is 0.593. The molecular weight excluding hydrogens is 272 g/mol. The van der Waals surface area contributed by atoms with Gasteiger partial charge in [-0.1, -0.05) is 17.7 Å². The van der Waals surface area contributed by atoms with Gasteiger partial charge in [0.1, 0.15) is 0 Å². The van der Waals surface area contributed by atoms with Crippen LogP contribution in [0.1, 0.15) is 17.5 Å². The highest BCUT2D eigenvalue weighted by molar-refractivity contribution is 6.17. The Morgan fingerprint density at radius 1 is 1.25 bits per heavy atom. The zero-order valence-electron chi connectivity index (χ0n) is 12.1. The number of nitrogens with zero attached hydrogens (tertiary/aromatic N) is 2. The van der Waals surface area contributed by atoms with Gasteiger partial charge in [-0.25, -0.2) is 0 Å². The Bertz CT molecular complexity index is 460. The van der Waals surface area contributed by atoms with Crippen molar-refractivity contribution >= 4 is 17.3 Å². The molecule has 2 saturated heterocycles. The van der Waals surface area contributed by atoms with Crippen LogP contribution in [0.15, 0.2) is 18.2 Å². The van der Waals surface area contributed by atoms with Crippen LogP contribution in [0.3, 0.4) is 0 Å². The summed E-state index contributed by atoms with van der Waals surface area (Å²) in [7, 11) is 0. The lowest BCUT2D eigenvalue weighted by Gasteiger charge is -2.32. The molecule has 1 atom stereocenters. The van der Waals surface area contributed by atoms with Crippen molar-refractivity contribution in [3.8, 4) is 0 Å². The monoisotopic (exact) mass is 294 g/mol. The number of halogens is 1. The van der Waals surface area contributed by atoms with Crippen LogP contribution in [0.4, 0.5) is 5.69 Å². The normalized spacial score (nSPS) is 24.3. The van der Waals surface area contributed by atoms with E-state index in [2.05, 4.69) is 34.9 Å². The van der Waals surface area contributed by atoms with Gasteiger partial charge >= 0.3 is 0 Å². The van der Waals surface area contributed by atoms with Gasteiger partial charge in [-0.3, -0.25) is 4.90 Å². The first kappa shape index (κ1) is 14.2. The maximum absolute atomic E-state index is 6.11. The van der Waals surface area contributed by atoms with E-state index in [1.807, 2.05) is 0 Å². The van der Waals surface area contributed by atoms with Crippen LogP contribution in [0.5, 0.6) is 0 Å². The van der Waals surface area contributed by atoms with E-state index in [0.29, 0.717) is 11.9 Å². The van der Waals surface area contributed by atoms with Gasteiger partial charge in [0.15, 0.2) is 0 Å². The van der Waals surface area contributed by atoms with Crippen LogP contribution in [0.2, 0.25) is 0 Å². The predicted octanol–water partition coefficient (Wildman–Crippen LogP) is 2.64. The number of morpholine rings is 1. The second kappa shape index (κ2) is 6.33. The van der Waals surface area contributed by atoms with Crippen LogP contribution in [-0.2, 0) is 10.6 Å². The summed E-state index contributed by atoms with van der Waals surface area (Å²) in [6.45, 7) is 8.30. The summed E-state index contributed by atoms with van der Waals surface area (Å²) in [5.74, 6) is 0.593. The van der Waals surface area contributed by atoms with E-state index >= 15 is 0 Å².